The zero-order valence-corrected chi connectivity index (χ0v) is 12.1. The lowest BCUT2D eigenvalue weighted by Gasteiger charge is -2.11. The van der Waals surface area contributed by atoms with Crippen molar-refractivity contribution in [3.63, 3.8) is 0 Å². The van der Waals surface area contributed by atoms with Gasteiger partial charge in [0.15, 0.2) is 0 Å². The molecule has 0 atom stereocenters. The van der Waals surface area contributed by atoms with Gasteiger partial charge in [-0.1, -0.05) is 43.3 Å². The van der Waals surface area contributed by atoms with Crippen LogP contribution in [0.4, 0.5) is 18.9 Å². The number of hydrogen-bond acceptors (Lipinski definition) is 1. The first kappa shape index (κ1) is 16.1. The van der Waals surface area contributed by atoms with Crippen LogP contribution in [0.1, 0.15) is 23.6 Å². The van der Waals surface area contributed by atoms with Gasteiger partial charge in [0.2, 0.25) is 5.91 Å². The molecule has 1 amide bonds. The van der Waals surface area contributed by atoms with Gasteiger partial charge in [-0.25, -0.2) is 0 Å². The molecule has 0 unspecified atom stereocenters. The number of benzene rings is 2. The molecule has 116 valence electrons. The van der Waals surface area contributed by atoms with Crippen LogP contribution in [0.15, 0.2) is 48.5 Å². The SMILES string of the molecule is CCc1ccccc1NC(=O)Cc1cccc(C(F)(F)F)c1. The fraction of sp³-hybridized carbons (Fsp3) is 0.235. The highest BCUT2D eigenvalue weighted by Crippen LogP contribution is 2.29. The van der Waals surface area contributed by atoms with Crippen LogP contribution in [0.25, 0.3) is 0 Å². The molecular formula is C17H16F3NO. The van der Waals surface area contributed by atoms with Gasteiger partial charge in [-0.3, -0.25) is 4.79 Å². The molecule has 2 rings (SSSR count). The summed E-state index contributed by atoms with van der Waals surface area (Å²) in [6.07, 6.45) is -3.73. The number of anilines is 1. The summed E-state index contributed by atoms with van der Waals surface area (Å²) in [5, 5.41) is 2.75. The number of carbonyl (C=O) groups is 1. The summed E-state index contributed by atoms with van der Waals surface area (Å²) in [7, 11) is 0. The Kier molecular flexibility index (Phi) is 4.85. The lowest BCUT2D eigenvalue weighted by molar-refractivity contribution is -0.137. The maximum absolute atomic E-state index is 12.7. The third-order valence-corrected chi connectivity index (χ3v) is 3.29. The molecule has 0 saturated heterocycles. The largest absolute Gasteiger partial charge is 0.416 e. The highest BCUT2D eigenvalue weighted by atomic mass is 19.4. The highest BCUT2D eigenvalue weighted by molar-refractivity contribution is 5.93. The first-order valence-corrected chi connectivity index (χ1v) is 6.94. The maximum atomic E-state index is 12.7. The van der Waals surface area contributed by atoms with Gasteiger partial charge in [-0.2, -0.15) is 13.2 Å². The molecule has 0 aliphatic rings. The van der Waals surface area contributed by atoms with Crippen molar-refractivity contribution in [3.8, 4) is 0 Å². The minimum atomic E-state index is -4.40. The fourth-order valence-electron chi connectivity index (χ4n) is 2.19. The van der Waals surface area contributed by atoms with Crippen molar-refractivity contribution < 1.29 is 18.0 Å². The molecule has 0 aliphatic carbocycles. The molecule has 1 N–H and O–H groups in total. The first-order valence-electron chi connectivity index (χ1n) is 6.94. The van der Waals surface area contributed by atoms with E-state index in [1.807, 2.05) is 19.1 Å². The minimum absolute atomic E-state index is 0.0953. The number of carbonyl (C=O) groups excluding carboxylic acids is 1. The molecule has 0 aromatic heterocycles. The normalized spacial score (nSPS) is 11.3. The van der Waals surface area contributed by atoms with Gasteiger partial charge in [0.1, 0.15) is 0 Å². The molecule has 0 bridgehead atoms. The number of rotatable bonds is 4. The van der Waals surface area contributed by atoms with Crippen LogP contribution < -0.4 is 5.32 Å². The minimum Gasteiger partial charge on any atom is -0.326 e. The summed E-state index contributed by atoms with van der Waals surface area (Å²) in [5.41, 5.74) is 1.27. The third kappa shape index (κ3) is 4.10. The summed E-state index contributed by atoms with van der Waals surface area (Å²) in [5.74, 6) is -0.333. The van der Waals surface area contributed by atoms with Crippen molar-refractivity contribution in [1.82, 2.24) is 0 Å². The lowest BCUT2D eigenvalue weighted by Crippen LogP contribution is -2.16. The van der Waals surface area contributed by atoms with E-state index < -0.39 is 11.7 Å². The Morgan fingerprint density at radius 1 is 1.09 bits per heavy atom. The van der Waals surface area contributed by atoms with E-state index in [0.29, 0.717) is 11.3 Å². The van der Waals surface area contributed by atoms with Gasteiger partial charge in [0, 0.05) is 5.69 Å². The number of alkyl halides is 3. The molecule has 0 radical (unpaired) electrons. The zero-order chi connectivity index (χ0) is 16.2. The zero-order valence-electron chi connectivity index (χ0n) is 12.1. The van der Waals surface area contributed by atoms with E-state index in [4.69, 9.17) is 0 Å². The molecule has 0 aliphatic heterocycles. The summed E-state index contributed by atoms with van der Waals surface area (Å²) in [6, 6.07) is 12.2. The average molecular weight is 307 g/mol. The molecule has 2 nitrogen and oxygen atoms in total. The molecule has 0 heterocycles. The third-order valence-electron chi connectivity index (χ3n) is 3.29. The van der Waals surface area contributed by atoms with Crippen molar-refractivity contribution in [2.75, 3.05) is 5.32 Å². The van der Waals surface area contributed by atoms with Crippen molar-refractivity contribution >= 4 is 11.6 Å². The van der Waals surface area contributed by atoms with Gasteiger partial charge in [0.25, 0.3) is 0 Å². The van der Waals surface area contributed by atoms with Crippen molar-refractivity contribution in [2.24, 2.45) is 0 Å². The second kappa shape index (κ2) is 6.64. The van der Waals surface area contributed by atoms with Crippen LogP contribution in [-0.4, -0.2) is 5.91 Å². The van der Waals surface area contributed by atoms with E-state index in [-0.39, 0.29) is 12.3 Å². The molecule has 2 aromatic carbocycles. The predicted octanol–water partition coefficient (Wildman–Crippen LogP) is 4.45. The number of para-hydroxylation sites is 1. The van der Waals surface area contributed by atoms with Crippen LogP contribution in [-0.2, 0) is 23.8 Å². The van der Waals surface area contributed by atoms with Gasteiger partial charge >= 0.3 is 6.18 Å². The van der Waals surface area contributed by atoms with Crippen molar-refractivity contribution in [3.05, 3.63) is 65.2 Å². The molecular weight excluding hydrogens is 291 g/mol. The second-order valence-electron chi connectivity index (χ2n) is 4.93. The first-order chi connectivity index (χ1) is 10.4. The molecule has 0 fully saturated rings. The standard InChI is InChI=1S/C17H16F3NO/c1-2-13-7-3-4-9-15(13)21-16(22)11-12-6-5-8-14(10-12)17(18,19)20/h3-10H,2,11H2,1H3,(H,21,22). The Labute approximate surface area is 127 Å². The van der Waals surface area contributed by atoms with E-state index in [0.717, 1.165) is 24.1 Å². The Balaban J connectivity index is 2.09. The topological polar surface area (TPSA) is 29.1 Å². The van der Waals surface area contributed by atoms with E-state index in [9.17, 15) is 18.0 Å². The highest BCUT2D eigenvalue weighted by Gasteiger charge is 2.30. The van der Waals surface area contributed by atoms with E-state index >= 15 is 0 Å². The number of hydrogen-bond donors (Lipinski definition) is 1. The molecule has 22 heavy (non-hydrogen) atoms. The molecule has 2 aromatic rings. The van der Waals surface area contributed by atoms with Crippen molar-refractivity contribution in [1.29, 1.82) is 0 Å². The number of halogens is 3. The van der Waals surface area contributed by atoms with E-state index in [2.05, 4.69) is 5.32 Å². The quantitative estimate of drug-likeness (QED) is 0.888. The van der Waals surface area contributed by atoms with Gasteiger partial charge in [0.05, 0.1) is 12.0 Å². The van der Waals surface area contributed by atoms with Crippen LogP contribution in [0.5, 0.6) is 0 Å². The number of nitrogens with one attached hydrogen (secondary N) is 1. The predicted molar refractivity (Wildman–Crippen MR) is 79.6 cm³/mol. The van der Waals surface area contributed by atoms with Crippen LogP contribution >= 0.6 is 0 Å². The monoisotopic (exact) mass is 307 g/mol. The second-order valence-corrected chi connectivity index (χ2v) is 4.93. The molecule has 0 spiro atoms. The summed E-state index contributed by atoms with van der Waals surface area (Å²) < 4.78 is 38.0. The molecule has 0 saturated carbocycles. The molecule has 5 heteroatoms. The summed E-state index contributed by atoms with van der Waals surface area (Å²) in [6.45, 7) is 1.97. The lowest BCUT2D eigenvalue weighted by atomic mass is 10.1. The van der Waals surface area contributed by atoms with E-state index in [1.165, 1.54) is 12.1 Å². The Hall–Kier alpha value is -2.30. The summed E-state index contributed by atoms with van der Waals surface area (Å²) >= 11 is 0. The maximum Gasteiger partial charge on any atom is 0.416 e. The van der Waals surface area contributed by atoms with Crippen LogP contribution in [0, 0.1) is 0 Å². The number of amides is 1. The summed E-state index contributed by atoms with van der Waals surface area (Å²) in [4.78, 5) is 12.0. The Bertz CT molecular complexity index is 665. The average Bonchev–Trinajstić information content (AvgIpc) is 2.47. The van der Waals surface area contributed by atoms with Crippen LogP contribution in [0.3, 0.4) is 0 Å². The Morgan fingerprint density at radius 2 is 1.82 bits per heavy atom. The Morgan fingerprint density at radius 3 is 2.50 bits per heavy atom. The van der Waals surface area contributed by atoms with E-state index in [1.54, 1.807) is 12.1 Å². The van der Waals surface area contributed by atoms with Gasteiger partial charge in [-0.15, -0.1) is 0 Å². The van der Waals surface area contributed by atoms with Gasteiger partial charge in [-0.05, 0) is 29.7 Å². The fourth-order valence-corrected chi connectivity index (χ4v) is 2.19. The van der Waals surface area contributed by atoms with Crippen LogP contribution in [0.2, 0.25) is 0 Å². The van der Waals surface area contributed by atoms with Gasteiger partial charge < -0.3 is 5.32 Å². The van der Waals surface area contributed by atoms with Crippen molar-refractivity contribution in [2.45, 2.75) is 25.9 Å². The smallest absolute Gasteiger partial charge is 0.326 e. The number of aryl methyl sites for hydroxylation is 1.